The average molecular weight is 278 g/mol. The molecule has 1 aromatic rings. The topological polar surface area (TPSA) is 46.3 Å². The minimum Gasteiger partial charge on any atom is -0.343 e. The first-order chi connectivity index (χ1) is 9.60. The van der Waals surface area contributed by atoms with Gasteiger partial charge in [0, 0.05) is 19.5 Å². The zero-order valence-electron chi connectivity index (χ0n) is 12.0. The van der Waals surface area contributed by atoms with Crippen LogP contribution in [0.2, 0.25) is 0 Å². The second kappa shape index (κ2) is 6.84. The van der Waals surface area contributed by atoms with Crippen molar-refractivity contribution in [1.29, 1.82) is 0 Å². The normalized spacial score (nSPS) is 18.1. The summed E-state index contributed by atoms with van der Waals surface area (Å²) in [6.07, 6.45) is 2.43. The minimum absolute atomic E-state index is 0.0467. The van der Waals surface area contributed by atoms with Crippen LogP contribution in [0.15, 0.2) is 24.3 Å². The number of rotatable bonds is 4. The quantitative estimate of drug-likeness (QED) is 0.920. The highest BCUT2D eigenvalue weighted by molar-refractivity contribution is 5.77. The highest BCUT2D eigenvalue weighted by Crippen LogP contribution is 2.23. The Kier molecular flexibility index (Phi) is 5.12. The van der Waals surface area contributed by atoms with Gasteiger partial charge >= 0.3 is 0 Å². The molecule has 1 unspecified atom stereocenters. The van der Waals surface area contributed by atoms with Crippen molar-refractivity contribution < 1.29 is 9.18 Å². The van der Waals surface area contributed by atoms with Crippen LogP contribution in [-0.2, 0) is 4.79 Å². The van der Waals surface area contributed by atoms with Crippen molar-refractivity contribution in [2.45, 2.75) is 32.1 Å². The number of carbonyl (C=O) groups excluding carboxylic acids is 1. The van der Waals surface area contributed by atoms with E-state index in [-0.39, 0.29) is 17.6 Å². The molecular formula is C16H23FN2O. The molecule has 20 heavy (non-hydrogen) atoms. The number of benzene rings is 1. The van der Waals surface area contributed by atoms with Gasteiger partial charge in [0.2, 0.25) is 5.91 Å². The molecule has 110 valence electrons. The summed E-state index contributed by atoms with van der Waals surface area (Å²) in [6, 6.07) is 6.51. The Hall–Kier alpha value is -1.42. The number of nitrogens with two attached hydrogens (primary N) is 1. The van der Waals surface area contributed by atoms with Gasteiger partial charge in [-0.3, -0.25) is 4.79 Å². The van der Waals surface area contributed by atoms with E-state index in [1.807, 2.05) is 17.9 Å². The largest absolute Gasteiger partial charge is 0.343 e. The van der Waals surface area contributed by atoms with E-state index in [9.17, 15) is 9.18 Å². The summed E-state index contributed by atoms with van der Waals surface area (Å²) >= 11 is 0. The van der Waals surface area contributed by atoms with Crippen LogP contribution < -0.4 is 5.73 Å². The van der Waals surface area contributed by atoms with Gasteiger partial charge in [-0.15, -0.1) is 0 Å². The number of hydrogen-bond acceptors (Lipinski definition) is 2. The predicted molar refractivity (Wildman–Crippen MR) is 77.8 cm³/mol. The van der Waals surface area contributed by atoms with Crippen molar-refractivity contribution in [2.24, 2.45) is 11.7 Å². The molecule has 0 radical (unpaired) electrons. The van der Waals surface area contributed by atoms with E-state index in [4.69, 9.17) is 5.73 Å². The number of amides is 1. The third-order valence-electron chi connectivity index (χ3n) is 4.20. The molecule has 1 aliphatic rings. The summed E-state index contributed by atoms with van der Waals surface area (Å²) in [4.78, 5) is 14.2. The van der Waals surface area contributed by atoms with E-state index in [0.29, 0.717) is 18.9 Å². The lowest BCUT2D eigenvalue weighted by Gasteiger charge is -2.32. The maximum absolute atomic E-state index is 13.2. The molecule has 0 saturated carbocycles. The Balaban J connectivity index is 1.88. The predicted octanol–water partition coefficient (Wildman–Crippen LogP) is 2.52. The van der Waals surface area contributed by atoms with E-state index >= 15 is 0 Å². The molecule has 0 aliphatic carbocycles. The van der Waals surface area contributed by atoms with Gasteiger partial charge in [-0.1, -0.05) is 19.1 Å². The van der Waals surface area contributed by atoms with Crippen molar-refractivity contribution in [1.82, 2.24) is 4.90 Å². The van der Waals surface area contributed by atoms with Gasteiger partial charge in [-0.2, -0.15) is 0 Å². The third-order valence-corrected chi connectivity index (χ3v) is 4.20. The Morgan fingerprint density at radius 2 is 2.15 bits per heavy atom. The van der Waals surface area contributed by atoms with E-state index < -0.39 is 0 Å². The summed E-state index contributed by atoms with van der Waals surface area (Å²) < 4.78 is 13.2. The fourth-order valence-corrected chi connectivity index (χ4v) is 2.74. The van der Waals surface area contributed by atoms with Gasteiger partial charge < -0.3 is 10.6 Å². The van der Waals surface area contributed by atoms with Gasteiger partial charge in [-0.05, 0) is 48.9 Å². The lowest BCUT2D eigenvalue weighted by Crippen LogP contribution is -2.40. The second-order valence-electron chi connectivity index (χ2n) is 5.72. The number of hydrogen-bond donors (Lipinski definition) is 1. The molecule has 1 aliphatic heterocycles. The number of halogens is 1. The van der Waals surface area contributed by atoms with Crippen LogP contribution in [0, 0.1) is 11.7 Å². The highest BCUT2D eigenvalue weighted by atomic mass is 19.1. The average Bonchev–Trinajstić information content (AvgIpc) is 2.47. The molecule has 1 amide bonds. The monoisotopic (exact) mass is 278 g/mol. The number of carbonyl (C=O) groups is 1. The molecule has 2 rings (SSSR count). The molecule has 0 aromatic heterocycles. The van der Waals surface area contributed by atoms with Crippen molar-refractivity contribution >= 4 is 5.91 Å². The Morgan fingerprint density at radius 3 is 2.75 bits per heavy atom. The van der Waals surface area contributed by atoms with Crippen molar-refractivity contribution in [2.75, 3.05) is 19.6 Å². The van der Waals surface area contributed by atoms with E-state index in [1.165, 1.54) is 12.1 Å². The number of nitrogens with zero attached hydrogens (tertiary/aromatic N) is 1. The maximum atomic E-state index is 13.2. The van der Waals surface area contributed by atoms with Crippen LogP contribution in [0.3, 0.4) is 0 Å². The highest BCUT2D eigenvalue weighted by Gasteiger charge is 2.23. The fourth-order valence-electron chi connectivity index (χ4n) is 2.74. The molecule has 1 aromatic carbocycles. The number of piperidine rings is 1. The van der Waals surface area contributed by atoms with Crippen molar-refractivity contribution in [3.05, 3.63) is 35.6 Å². The molecule has 2 N–H and O–H groups in total. The molecule has 0 bridgehead atoms. The Morgan fingerprint density at radius 1 is 1.45 bits per heavy atom. The van der Waals surface area contributed by atoms with Crippen molar-refractivity contribution in [3.63, 3.8) is 0 Å². The van der Waals surface area contributed by atoms with Gasteiger partial charge in [0.25, 0.3) is 0 Å². The Labute approximate surface area is 120 Å². The first-order valence-corrected chi connectivity index (χ1v) is 7.33. The van der Waals surface area contributed by atoms with Crippen LogP contribution in [0.25, 0.3) is 0 Å². The van der Waals surface area contributed by atoms with Crippen LogP contribution in [0.4, 0.5) is 4.39 Å². The summed E-state index contributed by atoms with van der Waals surface area (Å²) in [5.74, 6) is 0.521. The molecule has 3 nitrogen and oxygen atoms in total. The first-order valence-electron chi connectivity index (χ1n) is 7.33. The van der Waals surface area contributed by atoms with Crippen LogP contribution in [0.5, 0.6) is 0 Å². The summed E-state index contributed by atoms with van der Waals surface area (Å²) in [5.41, 5.74) is 6.54. The van der Waals surface area contributed by atoms with Crippen molar-refractivity contribution in [3.8, 4) is 0 Å². The van der Waals surface area contributed by atoms with E-state index in [2.05, 4.69) is 0 Å². The summed E-state index contributed by atoms with van der Waals surface area (Å²) in [7, 11) is 0. The first kappa shape index (κ1) is 15.0. The molecule has 1 heterocycles. The van der Waals surface area contributed by atoms with Gasteiger partial charge in [0.1, 0.15) is 5.82 Å². The zero-order valence-corrected chi connectivity index (χ0v) is 12.0. The zero-order chi connectivity index (χ0) is 14.5. The van der Waals surface area contributed by atoms with Crippen LogP contribution in [0.1, 0.15) is 37.7 Å². The smallest absolute Gasteiger partial charge is 0.223 e. The van der Waals surface area contributed by atoms with Gasteiger partial charge in [0.05, 0.1) is 0 Å². The van der Waals surface area contributed by atoms with Gasteiger partial charge in [0.15, 0.2) is 0 Å². The van der Waals surface area contributed by atoms with E-state index in [1.54, 1.807) is 6.07 Å². The molecular weight excluding hydrogens is 255 g/mol. The minimum atomic E-state index is -0.245. The summed E-state index contributed by atoms with van der Waals surface area (Å²) in [5, 5.41) is 0. The standard InChI is InChI=1S/C16H23FN2O/c1-12(14-3-2-4-15(17)10-14)9-16(20)19-7-5-13(11-18)6-8-19/h2-4,10,12-13H,5-9,11,18H2,1H3. The molecule has 1 fully saturated rings. The molecule has 1 saturated heterocycles. The molecule has 4 heteroatoms. The summed E-state index contributed by atoms with van der Waals surface area (Å²) in [6.45, 7) is 4.29. The molecule has 0 spiro atoms. The van der Waals surface area contributed by atoms with Crippen LogP contribution in [-0.4, -0.2) is 30.4 Å². The fraction of sp³-hybridized carbons (Fsp3) is 0.562. The maximum Gasteiger partial charge on any atom is 0.223 e. The lowest BCUT2D eigenvalue weighted by atomic mass is 9.94. The second-order valence-corrected chi connectivity index (χ2v) is 5.72. The number of likely N-dealkylation sites (tertiary alicyclic amines) is 1. The van der Waals surface area contributed by atoms with E-state index in [0.717, 1.165) is 31.5 Å². The van der Waals surface area contributed by atoms with Gasteiger partial charge in [-0.25, -0.2) is 4.39 Å². The third kappa shape index (κ3) is 3.79. The Bertz CT molecular complexity index is 456. The lowest BCUT2D eigenvalue weighted by molar-refractivity contribution is -0.132. The molecule has 1 atom stereocenters. The SMILES string of the molecule is CC(CC(=O)N1CCC(CN)CC1)c1cccc(F)c1. The van der Waals surface area contributed by atoms with Crippen LogP contribution >= 0.6 is 0 Å².